The van der Waals surface area contributed by atoms with Crippen LogP contribution in [0.4, 0.5) is 5.69 Å². The summed E-state index contributed by atoms with van der Waals surface area (Å²) in [5.41, 5.74) is 0.446. The number of non-ortho nitro benzene ring substituents is 1. The van der Waals surface area contributed by atoms with Gasteiger partial charge in [0.2, 0.25) is 0 Å². The zero-order chi connectivity index (χ0) is 20.9. The minimum absolute atomic E-state index is 0.0442. The normalized spacial score (nSPS) is 11.3. The van der Waals surface area contributed by atoms with Gasteiger partial charge in [0.1, 0.15) is 0 Å². The molecule has 0 unspecified atom stereocenters. The average Bonchev–Trinajstić information content (AvgIpc) is 3.03. The maximum atomic E-state index is 12.4. The molecule has 162 valence electrons. The second-order valence-electron chi connectivity index (χ2n) is 8.15. The van der Waals surface area contributed by atoms with Gasteiger partial charge in [-0.1, -0.05) is 90.4 Å². The van der Waals surface area contributed by atoms with Gasteiger partial charge in [-0.2, -0.15) is 0 Å². The van der Waals surface area contributed by atoms with E-state index in [1.165, 1.54) is 89.2 Å². The van der Waals surface area contributed by atoms with Crippen LogP contribution in [-0.2, 0) is 6.54 Å². The van der Waals surface area contributed by atoms with E-state index in [4.69, 9.17) is 0 Å². The Labute approximate surface area is 173 Å². The second kappa shape index (κ2) is 13.2. The highest BCUT2D eigenvalue weighted by atomic mass is 16.6. The monoisotopic (exact) mass is 403 g/mol. The van der Waals surface area contributed by atoms with Crippen LogP contribution in [0.5, 0.6) is 0 Å². The maximum absolute atomic E-state index is 12.4. The smallest absolute Gasteiger partial charge is 0.274 e. The van der Waals surface area contributed by atoms with Crippen molar-refractivity contribution in [1.29, 1.82) is 0 Å². The van der Waals surface area contributed by atoms with Gasteiger partial charge in [-0.15, -0.1) is 0 Å². The van der Waals surface area contributed by atoms with Crippen LogP contribution < -0.4 is 5.56 Å². The summed E-state index contributed by atoms with van der Waals surface area (Å²) in [7, 11) is 0. The second-order valence-corrected chi connectivity index (χ2v) is 8.15. The molecule has 29 heavy (non-hydrogen) atoms. The van der Waals surface area contributed by atoms with E-state index in [1.54, 1.807) is 10.7 Å². The highest BCUT2D eigenvalue weighted by Crippen LogP contribution is 2.17. The molecule has 0 aliphatic heterocycles. The van der Waals surface area contributed by atoms with Crippen molar-refractivity contribution in [2.24, 2.45) is 0 Å². The molecule has 1 N–H and O–H groups in total. The van der Waals surface area contributed by atoms with E-state index in [1.807, 2.05) is 0 Å². The predicted molar refractivity (Wildman–Crippen MR) is 120 cm³/mol. The van der Waals surface area contributed by atoms with Gasteiger partial charge < -0.3 is 0 Å². The van der Waals surface area contributed by atoms with E-state index in [2.05, 4.69) is 12.0 Å². The number of nitrogens with one attached hydrogen (secondary N) is 1. The molecule has 1 aromatic heterocycles. The van der Waals surface area contributed by atoms with Crippen molar-refractivity contribution < 1.29 is 4.92 Å². The van der Waals surface area contributed by atoms with Crippen LogP contribution in [0.15, 0.2) is 23.0 Å². The van der Waals surface area contributed by atoms with Gasteiger partial charge >= 0.3 is 0 Å². The topological polar surface area (TPSA) is 80.9 Å². The lowest BCUT2D eigenvalue weighted by molar-refractivity contribution is -0.384. The van der Waals surface area contributed by atoms with E-state index in [0.717, 1.165) is 12.8 Å². The lowest BCUT2D eigenvalue weighted by atomic mass is 10.0. The number of unbranched alkanes of at least 4 members (excludes halogenated alkanes) is 13. The Kier molecular flexibility index (Phi) is 10.5. The lowest BCUT2D eigenvalue weighted by Crippen LogP contribution is -2.16. The molecule has 6 heteroatoms. The molecule has 6 nitrogen and oxygen atoms in total. The fourth-order valence-electron chi connectivity index (χ4n) is 3.88. The molecule has 0 aliphatic carbocycles. The fourth-order valence-corrected chi connectivity index (χ4v) is 3.88. The SMILES string of the molecule is CCCCCCCCCCCCCCCCn1[nH]c2ccc([N+](=O)[O-])cc2c1=O. The summed E-state index contributed by atoms with van der Waals surface area (Å²) >= 11 is 0. The third-order valence-electron chi connectivity index (χ3n) is 5.68. The lowest BCUT2D eigenvalue weighted by Gasteiger charge is -2.04. The van der Waals surface area contributed by atoms with Crippen molar-refractivity contribution in [1.82, 2.24) is 9.78 Å². The Morgan fingerprint density at radius 1 is 0.862 bits per heavy atom. The molecule has 0 spiro atoms. The third-order valence-corrected chi connectivity index (χ3v) is 5.68. The van der Waals surface area contributed by atoms with E-state index in [9.17, 15) is 14.9 Å². The van der Waals surface area contributed by atoms with Crippen molar-refractivity contribution in [2.45, 2.75) is 103 Å². The number of aryl methyl sites for hydroxylation is 1. The molecule has 0 radical (unpaired) electrons. The number of rotatable bonds is 16. The minimum Gasteiger partial charge on any atom is -0.295 e. The van der Waals surface area contributed by atoms with Gasteiger partial charge in [-0.25, -0.2) is 0 Å². The van der Waals surface area contributed by atoms with Crippen LogP contribution >= 0.6 is 0 Å². The third kappa shape index (κ3) is 8.03. The van der Waals surface area contributed by atoms with Crippen LogP contribution in [-0.4, -0.2) is 14.7 Å². The summed E-state index contributed by atoms with van der Waals surface area (Å²) in [6.45, 7) is 2.90. The summed E-state index contributed by atoms with van der Waals surface area (Å²) < 4.78 is 1.58. The van der Waals surface area contributed by atoms with Gasteiger partial charge in [-0.05, 0) is 12.5 Å². The first kappa shape index (κ1) is 23.2. The number of nitro benzene ring substituents is 1. The summed E-state index contributed by atoms with van der Waals surface area (Å²) in [5.74, 6) is 0. The van der Waals surface area contributed by atoms with Crippen LogP contribution in [0.25, 0.3) is 10.9 Å². The van der Waals surface area contributed by atoms with Gasteiger partial charge in [-0.3, -0.25) is 24.7 Å². The van der Waals surface area contributed by atoms with E-state index >= 15 is 0 Å². The average molecular weight is 404 g/mol. The van der Waals surface area contributed by atoms with Crippen molar-refractivity contribution in [3.8, 4) is 0 Å². The van der Waals surface area contributed by atoms with E-state index in [-0.39, 0.29) is 11.2 Å². The molecule has 0 saturated carbocycles. The molecule has 0 bridgehead atoms. The Balaban J connectivity index is 1.53. The number of benzene rings is 1. The van der Waals surface area contributed by atoms with E-state index in [0.29, 0.717) is 17.4 Å². The van der Waals surface area contributed by atoms with Crippen LogP contribution in [0.1, 0.15) is 96.8 Å². The van der Waals surface area contributed by atoms with Gasteiger partial charge in [0.15, 0.2) is 0 Å². The zero-order valence-electron chi connectivity index (χ0n) is 18.0. The number of nitrogens with zero attached hydrogens (tertiary/aromatic N) is 2. The largest absolute Gasteiger partial charge is 0.295 e. The first-order chi connectivity index (χ1) is 14.1. The van der Waals surface area contributed by atoms with Crippen molar-refractivity contribution in [2.75, 3.05) is 0 Å². The molecular weight excluding hydrogens is 366 g/mol. The summed E-state index contributed by atoms with van der Waals surface area (Å²) in [6, 6.07) is 4.39. The summed E-state index contributed by atoms with van der Waals surface area (Å²) in [6.07, 6.45) is 18.3. The van der Waals surface area contributed by atoms with Crippen LogP contribution in [0, 0.1) is 10.1 Å². The number of aromatic amines is 1. The van der Waals surface area contributed by atoms with Gasteiger partial charge in [0.05, 0.1) is 15.8 Å². The number of fused-ring (bicyclic) bond motifs is 1. The number of hydrogen-bond donors (Lipinski definition) is 1. The van der Waals surface area contributed by atoms with Crippen LogP contribution in [0.3, 0.4) is 0 Å². The van der Waals surface area contributed by atoms with Crippen molar-refractivity contribution >= 4 is 16.6 Å². The molecule has 0 aliphatic rings. The molecule has 0 atom stereocenters. The predicted octanol–water partition coefficient (Wildman–Crippen LogP) is 6.72. The highest BCUT2D eigenvalue weighted by Gasteiger charge is 2.12. The molecule has 2 aromatic rings. The Morgan fingerprint density at radius 2 is 1.38 bits per heavy atom. The van der Waals surface area contributed by atoms with E-state index < -0.39 is 4.92 Å². The Hall–Kier alpha value is -2.11. The molecule has 1 heterocycles. The maximum Gasteiger partial charge on any atom is 0.274 e. The minimum atomic E-state index is -0.468. The van der Waals surface area contributed by atoms with Gasteiger partial charge in [0, 0.05) is 18.7 Å². The molecule has 2 rings (SSSR count). The summed E-state index contributed by atoms with van der Waals surface area (Å²) in [4.78, 5) is 22.8. The molecule has 0 amide bonds. The fraction of sp³-hybridized carbons (Fsp3) is 0.696. The number of nitro groups is 1. The van der Waals surface area contributed by atoms with Crippen molar-refractivity contribution in [3.05, 3.63) is 38.7 Å². The Bertz CT molecular complexity index is 794. The number of H-pyrrole nitrogens is 1. The molecule has 1 aromatic carbocycles. The standard InChI is InChI=1S/C23H37N3O3/c1-2-3-4-5-6-7-8-9-10-11-12-13-14-15-18-25-23(27)21-19-20(26(28)29)16-17-22(21)24-25/h16-17,19,24H,2-15,18H2,1H3. The van der Waals surface area contributed by atoms with Crippen LogP contribution in [0.2, 0.25) is 0 Å². The molecule has 0 fully saturated rings. The number of hydrogen-bond acceptors (Lipinski definition) is 3. The molecule has 0 saturated heterocycles. The zero-order valence-corrected chi connectivity index (χ0v) is 18.0. The quantitative estimate of drug-likeness (QED) is 0.192. The van der Waals surface area contributed by atoms with Gasteiger partial charge in [0.25, 0.3) is 11.2 Å². The first-order valence-corrected chi connectivity index (χ1v) is 11.5. The first-order valence-electron chi connectivity index (χ1n) is 11.5. The highest BCUT2D eigenvalue weighted by molar-refractivity contribution is 5.80. The summed E-state index contributed by atoms with van der Waals surface area (Å²) in [5, 5.41) is 14.3. The molecular formula is C23H37N3O3. The van der Waals surface area contributed by atoms with Crippen molar-refractivity contribution in [3.63, 3.8) is 0 Å². The Morgan fingerprint density at radius 3 is 1.90 bits per heavy atom. The number of aromatic nitrogens is 2.